The summed E-state index contributed by atoms with van der Waals surface area (Å²) in [4.78, 5) is 11.7. The van der Waals surface area contributed by atoms with Crippen LogP contribution in [0.15, 0.2) is 30.3 Å². The Hall–Kier alpha value is -1.35. The molecule has 0 saturated heterocycles. The number of ether oxygens (including phenoxy) is 1. The fourth-order valence-corrected chi connectivity index (χ4v) is 2.06. The average Bonchev–Trinajstić information content (AvgIpc) is 2.40. The van der Waals surface area contributed by atoms with Gasteiger partial charge in [-0.2, -0.15) is 0 Å². The first-order valence-electron chi connectivity index (χ1n) is 7.04. The van der Waals surface area contributed by atoms with Crippen molar-refractivity contribution in [3.05, 3.63) is 35.9 Å². The second kappa shape index (κ2) is 8.70. The number of rotatable bonds is 8. The first-order chi connectivity index (χ1) is 9.15. The van der Waals surface area contributed by atoms with Crippen LogP contribution in [0, 0.1) is 5.92 Å². The molecular weight excluding hydrogens is 238 g/mol. The van der Waals surface area contributed by atoms with Gasteiger partial charge in [-0.15, -0.1) is 0 Å². The lowest BCUT2D eigenvalue weighted by Crippen LogP contribution is -2.31. The highest BCUT2D eigenvalue weighted by atomic mass is 16.5. The van der Waals surface area contributed by atoms with Gasteiger partial charge in [0.05, 0.1) is 6.61 Å². The summed E-state index contributed by atoms with van der Waals surface area (Å²) >= 11 is 0. The minimum Gasteiger partial charge on any atom is -0.381 e. The molecule has 1 N–H and O–H groups in total. The van der Waals surface area contributed by atoms with E-state index in [0.717, 1.165) is 0 Å². The Morgan fingerprint density at radius 3 is 2.53 bits per heavy atom. The van der Waals surface area contributed by atoms with Gasteiger partial charge in [-0.25, -0.2) is 0 Å². The van der Waals surface area contributed by atoms with Crippen molar-refractivity contribution in [2.45, 2.75) is 33.1 Å². The third-order valence-corrected chi connectivity index (χ3v) is 3.23. The predicted octanol–water partition coefficient (Wildman–Crippen LogP) is 2.97. The highest BCUT2D eigenvalue weighted by Crippen LogP contribution is 2.23. The molecule has 0 aliphatic heterocycles. The summed E-state index contributed by atoms with van der Waals surface area (Å²) in [6.07, 6.45) is 0.438. The third kappa shape index (κ3) is 5.88. The van der Waals surface area contributed by atoms with Gasteiger partial charge in [0.2, 0.25) is 5.91 Å². The molecule has 1 aromatic carbocycles. The van der Waals surface area contributed by atoms with Gasteiger partial charge in [-0.05, 0) is 18.4 Å². The van der Waals surface area contributed by atoms with E-state index in [1.54, 1.807) is 0 Å². The van der Waals surface area contributed by atoms with Crippen molar-refractivity contribution < 1.29 is 9.53 Å². The van der Waals surface area contributed by atoms with Crippen LogP contribution in [-0.4, -0.2) is 25.7 Å². The van der Waals surface area contributed by atoms with Crippen molar-refractivity contribution in [1.29, 1.82) is 0 Å². The smallest absolute Gasteiger partial charge is 0.222 e. The molecule has 0 bridgehead atoms. The molecule has 0 saturated carbocycles. The monoisotopic (exact) mass is 263 g/mol. The second-order valence-corrected chi connectivity index (χ2v) is 5.01. The maximum absolute atomic E-state index is 11.7. The molecule has 0 aliphatic carbocycles. The molecule has 0 fully saturated rings. The van der Waals surface area contributed by atoms with E-state index in [2.05, 4.69) is 31.3 Å². The molecule has 0 heterocycles. The van der Waals surface area contributed by atoms with Gasteiger partial charge in [0.1, 0.15) is 0 Å². The van der Waals surface area contributed by atoms with E-state index in [1.165, 1.54) is 5.56 Å². The van der Waals surface area contributed by atoms with Gasteiger partial charge in [0.15, 0.2) is 0 Å². The highest BCUT2D eigenvalue weighted by Gasteiger charge is 2.16. The maximum Gasteiger partial charge on any atom is 0.222 e. The van der Waals surface area contributed by atoms with Crippen molar-refractivity contribution >= 4 is 5.91 Å². The summed E-state index contributed by atoms with van der Waals surface area (Å²) in [5, 5.41) is 3.00. The molecule has 0 aliphatic rings. The summed E-state index contributed by atoms with van der Waals surface area (Å²) in [5.74, 6) is 0.918. The van der Waals surface area contributed by atoms with Crippen LogP contribution in [0.1, 0.15) is 38.7 Å². The lowest BCUT2D eigenvalue weighted by Gasteiger charge is -2.21. The van der Waals surface area contributed by atoms with Crippen molar-refractivity contribution in [1.82, 2.24) is 5.32 Å². The largest absolute Gasteiger partial charge is 0.381 e. The van der Waals surface area contributed by atoms with Gasteiger partial charge in [0, 0.05) is 25.5 Å². The Kier molecular flexibility index (Phi) is 7.19. The molecule has 0 spiro atoms. The summed E-state index contributed by atoms with van der Waals surface area (Å²) in [6, 6.07) is 10.3. The number of benzene rings is 1. The van der Waals surface area contributed by atoms with E-state index in [4.69, 9.17) is 4.74 Å². The Morgan fingerprint density at radius 1 is 1.26 bits per heavy atom. The van der Waals surface area contributed by atoms with E-state index < -0.39 is 0 Å². The molecule has 3 heteroatoms. The molecule has 19 heavy (non-hydrogen) atoms. The van der Waals surface area contributed by atoms with Crippen LogP contribution in [0.5, 0.6) is 0 Å². The number of carbonyl (C=O) groups is 1. The second-order valence-electron chi connectivity index (χ2n) is 5.01. The van der Waals surface area contributed by atoms with E-state index >= 15 is 0 Å². The number of amides is 1. The van der Waals surface area contributed by atoms with Crippen LogP contribution >= 0.6 is 0 Å². The van der Waals surface area contributed by atoms with E-state index in [-0.39, 0.29) is 5.91 Å². The molecule has 1 atom stereocenters. The molecule has 1 amide bonds. The minimum atomic E-state index is 0.0648. The molecule has 1 unspecified atom stereocenters. The van der Waals surface area contributed by atoms with Crippen LogP contribution in [0.4, 0.5) is 0 Å². The van der Waals surface area contributed by atoms with Crippen LogP contribution in [0.25, 0.3) is 0 Å². The molecule has 1 aromatic rings. The Bertz CT molecular complexity index is 362. The standard InChI is InChI=1S/C16H25NO2/c1-4-19-11-10-16(18)17-12-15(13(2)3)14-8-6-5-7-9-14/h5-9,13,15H,4,10-12H2,1-3H3,(H,17,18). The lowest BCUT2D eigenvalue weighted by molar-refractivity contribution is -0.122. The predicted molar refractivity (Wildman–Crippen MR) is 78.1 cm³/mol. The first-order valence-corrected chi connectivity index (χ1v) is 7.04. The Morgan fingerprint density at radius 2 is 1.95 bits per heavy atom. The van der Waals surface area contributed by atoms with Gasteiger partial charge < -0.3 is 10.1 Å². The number of carbonyl (C=O) groups excluding carboxylic acids is 1. The normalized spacial score (nSPS) is 12.4. The van der Waals surface area contributed by atoms with Crippen molar-refractivity contribution in [3.8, 4) is 0 Å². The third-order valence-electron chi connectivity index (χ3n) is 3.23. The van der Waals surface area contributed by atoms with Crippen LogP contribution in [-0.2, 0) is 9.53 Å². The topological polar surface area (TPSA) is 38.3 Å². The molecule has 3 nitrogen and oxygen atoms in total. The number of nitrogens with one attached hydrogen (secondary N) is 1. The zero-order chi connectivity index (χ0) is 14.1. The van der Waals surface area contributed by atoms with Crippen LogP contribution in [0.2, 0.25) is 0 Å². The molecule has 106 valence electrons. The van der Waals surface area contributed by atoms with Crippen LogP contribution in [0.3, 0.4) is 0 Å². The van der Waals surface area contributed by atoms with Gasteiger partial charge >= 0.3 is 0 Å². The average molecular weight is 263 g/mol. The summed E-state index contributed by atoms with van der Waals surface area (Å²) in [7, 11) is 0. The molecule has 0 aromatic heterocycles. The fourth-order valence-electron chi connectivity index (χ4n) is 2.06. The first kappa shape index (κ1) is 15.7. The van der Waals surface area contributed by atoms with Crippen molar-refractivity contribution in [2.24, 2.45) is 5.92 Å². The SMILES string of the molecule is CCOCCC(=O)NCC(c1ccccc1)C(C)C. The maximum atomic E-state index is 11.7. The molecule has 1 rings (SSSR count). The highest BCUT2D eigenvalue weighted by molar-refractivity contribution is 5.76. The van der Waals surface area contributed by atoms with Crippen LogP contribution < -0.4 is 5.32 Å². The Labute approximate surface area is 116 Å². The van der Waals surface area contributed by atoms with E-state index in [9.17, 15) is 4.79 Å². The van der Waals surface area contributed by atoms with Crippen molar-refractivity contribution in [2.75, 3.05) is 19.8 Å². The van der Waals surface area contributed by atoms with Gasteiger partial charge in [-0.3, -0.25) is 4.79 Å². The van der Waals surface area contributed by atoms with Crippen molar-refractivity contribution in [3.63, 3.8) is 0 Å². The van der Waals surface area contributed by atoms with Gasteiger partial charge in [-0.1, -0.05) is 44.2 Å². The quantitative estimate of drug-likeness (QED) is 0.732. The summed E-state index contributed by atoms with van der Waals surface area (Å²) in [5.41, 5.74) is 1.28. The summed E-state index contributed by atoms with van der Waals surface area (Å²) < 4.78 is 5.18. The Balaban J connectivity index is 2.45. The molecular formula is C16H25NO2. The number of hydrogen-bond donors (Lipinski definition) is 1. The zero-order valence-electron chi connectivity index (χ0n) is 12.2. The minimum absolute atomic E-state index is 0.0648. The van der Waals surface area contributed by atoms with E-state index in [0.29, 0.717) is 38.0 Å². The van der Waals surface area contributed by atoms with Gasteiger partial charge in [0.25, 0.3) is 0 Å². The number of hydrogen-bond acceptors (Lipinski definition) is 2. The molecule has 0 radical (unpaired) electrons. The van der Waals surface area contributed by atoms with E-state index in [1.807, 2.05) is 25.1 Å². The fraction of sp³-hybridized carbons (Fsp3) is 0.562. The summed E-state index contributed by atoms with van der Waals surface area (Å²) in [6.45, 7) is 8.15. The zero-order valence-corrected chi connectivity index (χ0v) is 12.2. The lowest BCUT2D eigenvalue weighted by atomic mass is 9.88.